The lowest BCUT2D eigenvalue weighted by Gasteiger charge is -2.17. The van der Waals surface area contributed by atoms with E-state index in [9.17, 15) is 5.11 Å². The highest BCUT2D eigenvalue weighted by Gasteiger charge is 2.12. The molecule has 2 heteroatoms. The molecular weight excluding hydrogens is 258 g/mol. The van der Waals surface area contributed by atoms with E-state index in [-0.39, 0.29) is 6.04 Å². The van der Waals surface area contributed by atoms with Crippen LogP contribution in [0.4, 0.5) is 0 Å². The summed E-state index contributed by atoms with van der Waals surface area (Å²) in [4.78, 5) is 0. The van der Waals surface area contributed by atoms with Crippen molar-refractivity contribution in [3.8, 4) is 5.75 Å². The number of phenols is 1. The lowest BCUT2D eigenvalue weighted by atomic mass is 10.0. The second kappa shape index (κ2) is 7.46. The SMILES string of the molecule is CC(C)CCCCNC(C)c1ccc2ccccc2c1O. The molecule has 0 aliphatic carbocycles. The van der Waals surface area contributed by atoms with Gasteiger partial charge in [-0.05, 0) is 31.2 Å². The topological polar surface area (TPSA) is 32.3 Å². The predicted octanol–water partition coefficient (Wildman–Crippen LogP) is 5.02. The van der Waals surface area contributed by atoms with E-state index >= 15 is 0 Å². The summed E-state index contributed by atoms with van der Waals surface area (Å²) in [5.41, 5.74) is 0.984. The van der Waals surface area contributed by atoms with E-state index in [4.69, 9.17) is 0 Å². The Morgan fingerprint density at radius 1 is 1.00 bits per heavy atom. The Morgan fingerprint density at radius 3 is 2.52 bits per heavy atom. The lowest BCUT2D eigenvalue weighted by molar-refractivity contribution is 0.453. The number of rotatable bonds is 7. The number of hydrogen-bond donors (Lipinski definition) is 2. The van der Waals surface area contributed by atoms with E-state index in [1.807, 2.05) is 30.3 Å². The third kappa shape index (κ3) is 4.21. The molecule has 0 aliphatic heterocycles. The first-order chi connectivity index (χ1) is 10.1. The fourth-order valence-corrected chi connectivity index (χ4v) is 2.73. The third-order valence-electron chi connectivity index (χ3n) is 4.06. The van der Waals surface area contributed by atoms with E-state index < -0.39 is 0 Å². The lowest BCUT2D eigenvalue weighted by Crippen LogP contribution is -2.20. The largest absolute Gasteiger partial charge is 0.507 e. The van der Waals surface area contributed by atoms with Crippen LogP contribution in [0.5, 0.6) is 5.75 Å². The van der Waals surface area contributed by atoms with Crippen LogP contribution in [0, 0.1) is 5.92 Å². The minimum absolute atomic E-state index is 0.175. The van der Waals surface area contributed by atoms with Crippen LogP contribution >= 0.6 is 0 Å². The van der Waals surface area contributed by atoms with Crippen molar-refractivity contribution in [1.29, 1.82) is 0 Å². The maximum atomic E-state index is 10.5. The van der Waals surface area contributed by atoms with E-state index in [2.05, 4.69) is 32.2 Å². The molecule has 0 amide bonds. The zero-order valence-electron chi connectivity index (χ0n) is 13.4. The average molecular weight is 285 g/mol. The Balaban J connectivity index is 1.96. The molecule has 2 aromatic carbocycles. The Labute approximate surface area is 128 Å². The third-order valence-corrected chi connectivity index (χ3v) is 4.06. The average Bonchev–Trinajstić information content (AvgIpc) is 2.47. The van der Waals surface area contributed by atoms with Gasteiger partial charge in [0.1, 0.15) is 5.75 Å². The molecule has 0 spiro atoms. The first-order valence-electron chi connectivity index (χ1n) is 8.03. The predicted molar refractivity (Wildman–Crippen MR) is 90.7 cm³/mol. The standard InChI is InChI=1S/C19H27NO/c1-14(2)8-6-7-13-20-15(3)17-12-11-16-9-4-5-10-18(16)19(17)21/h4-5,9-12,14-15,20-21H,6-8,13H2,1-3H3. The van der Waals surface area contributed by atoms with Crippen LogP contribution in [-0.4, -0.2) is 11.7 Å². The number of nitrogens with one attached hydrogen (secondary N) is 1. The van der Waals surface area contributed by atoms with Crippen LogP contribution in [-0.2, 0) is 0 Å². The highest BCUT2D eigenvalue weighted by atomic mass is 16.3. The van der Waals surface area contributed by atoms with Crippen molar-refractivity contribution in [3.05, 3.63) is 42.0 Å². The summed E-state index contributed by atoms with van der Waals surface area (Å²) in [6, 6.07) is 12.3. The van der Waals surface area contributed by atoms with E-state index in [1.54, 1.807) is 0 Å². The fourth-order valence-electron chi connectivity index (χ4n) is 2.73. The second-order valence-electron chi connectivity index (χ2n) is 6.29. The van der Waals surface area contributed by atoms with Gasteiger partial charge in [-0.15, -0.1) is 0 Å². The van der Waals surface area contributed by atoms with Gasteiger partial charge in [0.25, 0.3) is 0 Å². The van der Waals surface area contributed by atoms with Crippen LogP contribution in [0.15, 0.2) is 36.4 Å². The number of hydrogen-bond acceptors (Lipinski definition) is 2. The van der Waals surface area contributed by atoms with Crippen LogP contribution in [0.1, 0.15) is 51.6 Å². The van der Waals surface area contributed by atoms with Crippen LogP contribution in [0.25, 0.3) is 10.8 Å². The zero-order valence-corrected chi connectivity index (χ0v) is 13.4. The van der Waals surface area contributed by atoms with Gasteiger partial charge in [0, 0.05) is 17.0 Å². The van der Waals surface area contributed by atoms with Gasteiger partial charge in [0.05, 0.1) is 0 Å². The molecule has 0 aromatic heterocycles. The molecule has 0 radical (unpaired) electrons. The molecule has 0 fully saturated rings. The first-order valence-corrected chi connectivity index (χ1v) is 8.03. The molecule has 1 atom stereocenters. The smallest absolute Gasteiger partial charge is 0.128 e. The Hall–Kier alpha value is -1.54. The highest BCUT2D eigenvalue weighted by molar-refractivity contribution is 5.89. The van der Waals surface area contributed by atoms with Crippen molar-refractivity contribution in [2.45, 2.75) is 46.1 Å². The molecule has 2 nitrogen and oxygen atoms in total. The maximum Gasteiger partial charge on any atom is 0.128 e. The number of fused-ring (bicyclic) bond motifs is 1. The van der Waals surface area contributed by atoms with Gasteiger partial charge in [0.2, 0.25) is 0 Å². The van der Waals surface area contributed by atoms with E-state index in [0.29, 0.717) is 5.75 Å². The molecule has 0 saturated carbocycles. The normalized spacial score (nSPS) is 13.0. The van der Waals surface area contributed by atoms with Gasteiger partial charge in [-0.25, -0.2) is 0 Å². The molecule has 2 aromatic rings. The summed E-state index contributed by atoms with van der Waals surface area (Å²) >= 11 is 0. The van der Waals surface area contributed by atoms with Gasteiger partial charge in [-0.2, -0.15) is 0 Å². The Bertz CT molecular complexity index is 577. The van der Waals surface area contributed by atoms with Gasteiger partial charge in [-0.1, -0.05) is 63.1 Å². The molecule has 2 N–H and O–H groups in total. The molecule has 2 rings (SSSR count). The quantitative estimate of drug-likeness (QED) is 0.700. The molecule has 0 heterocycles. The second-order valence-corrected chi connectivity index (χ2v) is 6.29. The van der Waals surface area contributed by atoms with Crippen LogP contribution in [0.3, 0.4) is 0 Å². The van der Waals surface area contributed by atoms with Crippen molar-refractivity contribution >= 4 is 10.8 Å². The summed E-state index contributed by atoms with van der Waals surface area (Å²) in [6.45, 7) is 7.65. The van der Waals surface area contributed by atoms with Crippen molar-refractivity contribution in [1.82, 2.24) is 5.32 Å². The van der Waals surface area contributed by atoms with E-state index in [0.717, 1.165) is 28.8 Å². The van der Waals surface area contributed by atoms with Crippen molar-refractivity contribution in [2.75, 3.05) is 6.54 Å². The molecule has 21 heavy (non-hydrogen) atoms. The summed E-state index contributed by atoms with van der Waals surface area (Å²) in [5, 5.41) is 16.0. The van der Waals surface area contributed by atoms with Gasteiger partial charge in [-0.3, -0.25) is 0 Å². The van der Waals surface area contributed by atoms with Gasteiger partial charge in [0.15, 0.2) is 0 Å². The maximum absolute atomic E-state index is 10.5. The summed E-state index contributed by atoms with van der Waals surface area (Å²) < 4.78 is 0. The van der Waals surface area contributed by atoms with E-state index in [1.165, 1.54) is 19.3 Å². The number of unbranched alkanes of at least 4 members (excludes halogenated alkanes) is 1. The molecule has 114 valence electrons. The van der Waals surface area contributed by atoms with Gasteiger partial charge >= 0.3 is 0 Å². The first kappa shape index (κ1) is 15.8. The minimum atomic E-state index is 0.175. The van der Waals surface area contributed by atoms with Crippen molar-refractivity contribution in [2.24, 2.45) is 5.92 Å². The Kier molecular flexibility index (Phi) is 5.63. The highest BCUT2D eigenvalue weighted by Crippen LogP contribution is 2.32. The fraction of sp³-hybridized carbons (Fsp3) is 0.474. The molecule has 1 unspecified atom stereocenters. The molecule has 0 saturated heterocycles. The monoisotopic (exact) mass is 285 g/mol. The van der Waals surface area contributed by atoms with Crippen LogP contribution in [0.2, 0.25) is 0 Å². The summed E-state index contributed by atoms with van der Waals surface area (Å²) in [7, 11) is 0. The number of phenolic OH excluding ortho intramolecular Hbond substituents is 1. The zero-order chi connectivity index (χ0) is 15.2. The number of aromatic hydroxyl groups is 1. The summed E-state index contributed by atoms with van der Waals surface area (Å²) in [5.74, 6) is 1.20. The van der Waals surface area contributed by atoms with Crippen LogP contribution < -0.4 is 5.32 Å². The minimum Gasteiger partial charge on any atom is -0.507 e. The van der Waals surface area contributed by atoms with Crippen molar-refractivity contribution < 1.29 is 5.11 Å². The molecular formula is C19H27NO. The number of benzene rings is 2. The molecule has 0 bridgehead atoms. The molecule has 0 aliphatic rings. The van der Waals surface area contributed by atoms with Gasteiger partial charge < -0.3 is 10.4 Å². The van der Waals surface area contributed by atoms with Crippen molar-refractivity contribution in [3.63, 3.8) is 0 Å². The summed E-state index contributed by atoms with van der Waals surface area (Å²) in [6.07, 6.45) is 3.75. The Morgan fingerprint density at radius 2 is 1.76 bits per heavy atom.